The SMILES string of the molecule is CNC(C)(CCN1CCCCC1)C(=O)O. The molecule has 1 heterocycles. The Kier molecular flexibility index (Phi) is 4.54. The average Bonchev–Trinajstić information content (AvgIpc) is 2.27. The summed E-state index contributed by atoms with van der Waals surface area (Å²) in [6, 6.07) is 0. The number of carboxylic acids is 1. The molecule has 0 spiro atoms. The molecule has 2 N–H and O–H groups in total. The van der Waals surface area contributed by atoms with Crippen molar-refractivity contribution >= 4 is 5.97 Å². The van der Waals surface area contributed by atoms with Crippen molar-refractivity contribution in [2.24, 2.45) is 0 Å². The van der Waals surface area contributed by atoms with Gasteiger partial charge in [-0.2, -0.15) is 0 Å². The number of carboxylic acid groups (broad SMARTS) is 1. The molecule has 15 heavy (non-hydrogen) atoms. The van der Waals surface area contributed by atoms with Gasteiger partial charge >= 0.3 is 5.97 Å². The Bertz CT molecular complexity index is 215. The molecule has 1 atom stereocenters. The van der Waals surface area contributed by atoms with Crippen molar-refractivity contribution in [3.8, 4) is 0 Å². The van der Waals surface area contributed by atoms with Crippen molar-refractivity contribution in [1.29, 1.82) is 0 Å². The van der Waals surface area contributed by atoms with Gasteiger partial charge in [0.2, 0.25) is 0 Å². The molecule has 1 saturated heterocycles. The van der Waals surface area contributed by atoms with E-state index in [1.54, 1.807) is 14.0 Å². The first-order valence-electron chi connectivity index (χ1n) is 5.73. The van der Waals surface area contributed by atoms with Crippen molar-refractivity contribution in [2.45, 2.75) is 38.1 Å². The minimum absolute atomic E-state index is 0.666. The van der Waals surface area contributed by atoms with E-state index >= 15 is 0 Å². The maximum Gasteiger partial charge on any atom is 0.323 e. The van der Waals surface area contributed by atoms with Gasteiger partial charge < -0.3 is 15.3 Å². The number of likely N-dealkylation sites (N-methyl/N-ethyl adjacent to an activating group) is 1. The van der Waals surface area contributed by atoms with Gasteiger partial charge in [-0.3, -0.25) is 4.79 Å². The fourth-order valence-electron chi connectivity index (χ4n) is 1.90. The van der Waals surface area contributed by atoms with Gasteiger partial charge in [0.25, 0.3) is 0 Å². The van der Waals surface area contributed by atoms with E-state index in [2.05, 4.69) is 10.2 Å². The third-order valence-electron chi connectivity index (χ3n) is 3.40. The smallest absolute Gasteiger partial charge is 0.323 e. The highest BCUT2D eigenvalue weighted by atomic mass is 16.4. The maximum absolute atomic E-state index is 11.0. The van der Waals surface area contributed by atoms with Crippen LogP contribution in [0.3, 0.4) is 0 Å². The molecule has 0 radical (unpaired) electrons. The molecule has 1 unspecified atom stereocenters. The summed E-state index contributed by atoms with van der Waals surface area (Å²) in [4.78, 5) is 13.4. The number of nitrogens with zero attached hydrogens (tertiary/aromatic N) is 1. The monoisotopic (exact) mass is 214 g/mol. The molecule has 0 aromatic rings. The largest absolute Gasteiger partial charge is 0.480 e. The minimum atomic E-state index is -0.780. The second-order valence-corrected chi connectivity index (χ2v) is 4.54. The third kappa shape index (κ3) is 3.47. The van der Waals surface area contributed by atoms with Gasteiger partial charge in [-0.1, -0.05) is 6.42 Å². The van der Waals surface area contributed by atoms with Crippen molar-refractivity contribution in [2.75, 3.05) is 26.7 Å². The normalized spacial score (nSPS) is 22.3. The van der Waals surface area contributed by atoms with Gasteiger partial charge in [0, 0.05) is 6.54 Å². The fraction of sp³-hybridized carbons (Fsp3) is 0.909. The molecule has 4 nitrogen and oxygen atoms in total. The van der Waals surface area contributed by atoms with Crippen LogP contribution in [-0.2, 0) is 4.79 Å². The van der Waals surface area contributed by atoms with E-state index in [4.69, 9.17) is 5.11 Å². The third-order valence-corrected chi connectivity index (χ3v) is 3.40. The maximum atomic E-state index is 11.0. The van der Waals surface area contributed by atoms with Crippen LogP contribution in [0.2, 0.25) is 0 Å². The summed E-state index contributed by atoms with van der Waals surface area (Å²) in [5, 5.41) is 12.0. The summed E-state index contributed by atoms with van der Waals surface area (Å²) >= 11 is 0. The van der Waals surface area contributed by atoms with Gasteiger partial charge in [0.05, 0.1) is 0 Å². The van der Waals surface area contributed by atoms with Gasteiger partial charge in [0.1, 0.15) is 5.54 Å². The van der Waals surface area contributed by atoms with E-state index in [1.165, 1.54) is 19.3 Å². The number of carbonyl (C=O) groups is 1. The van der Waals surface area contributed by atoms with Crippen molar-refractivity contribution in [3.05, 3.63) is 0 Å². The molecule has 4 heteroatoms. The van der Waals surface area contributed by atoms with Crippen molar-refractivity contribution in [3.63, 3.8) is 0 Å². The molecular formula is C11H22N2O2. The average molecular weight is 214 g/mol. The Morgan fingerprint density at radius 3 is 2.47 bits per heavy atom. The zero-order valence-electron chi connectivity index (χ0n) is 9.75. The van der Waals surface area contributed by atoms with E-state index in [9.17, 15) is 4.79 Å². The fourth-order valence-corrected chi connectivity index (χ4v) is 1.90. The van der Waals surface area contributed by atoms with Crippen LogP contribution < -0.4 is 5.32 Å². The van der Waals surface area contributed by atoms with E-state index in [0.717, 1.165) is 19.6 Å². The first-order valence-corrected chi connectivity index (χ1v) is 5.73. The molecule has 0 bridgehead atoms. The van der Waals surface area contributed by atoms with E-state index in [1.807, 2.05) is 0 Å². The summed E-state index contributed by atoms with van der Waals surface area (Å²) < 4.78 is 0. The molecule has 0 aliphatic carbocycles. The summed E-state index contributed by atoms with van der Waals surface area (Å²) in [6.45, 7) is 4.88. The topological polar surface area (TPSA) is 52.6 Å². The highest BCUT2D eigenvalue weighted by Crippen LogP contribution is 2.14. The molecule has 1 aliphatic heterocycles. The lowest BCUT2D eigenvalue weighted by Gasteiger charge is -2.31. The number of rotatable bonds is 5. The highest BCUT2D eigenvalue weighted by Gasteiger charge is 2.31. The van der Waals surface area contributed by atoms with Crippen LogP contribution in [0.25, 0.3) is 0 Å². The molecular weight excluding hydrogens is 192 g/mol. The van der Waals surface area contributed by atoms with Crippen LogP contribution in [0.15, 0.2) is 0 Å². The number of hydrogen-bond donors (Lipinski definition) is 2. The van der Waals surface area contributed by atoms with Gasteiger partial charge in [-0.15, -0.1) is 0 Å². The zero-order chi connectivity index (χ0) is 11.3. The Morgan fingerprint density at radius 1 is 1.40 bits per heavy atom. The molecule has 1 rings (SSSR count). The predicted octanol–water partition coefficient (Wildman–Crippen LogP) is 0.925. The number of aliphatic carboxylic acids is 1. The number of hydrogen-bond acceptors (Lipinski definition) is 3. The summed E-state index contributed by atoms with van der Waals surface area (Å²) in [6.07, 6.45) is 4.49. The van der Waals surface area contributed by atoms with E-state index in [0.29, 0.717) is 6.42 Å². The quantitative estimate of drug-likeness (QED) is 0.714. The molecule has 0 aromatic heterocycles. The van der Waals surface area contributed by atoms with Crippen LogP contribution in [-0.4, -0.2) is 48.2 Å². The first-order chi connectivity index (χ1) is 7.08. The van der Waals surface area contributed by atoms with Gasteiger partial charge in [-0.05, 0) is 46.3 Å². The Balaban J connectivity index is 2.36. The van der Waals surface area contributed by atoms with Gasteiger partial charge in [-0.25, -0.2) is 0 Å². The lowest BCUT2D eigenvalue weighted by molar-refractivity contribution is -0.144. The van der Waals surface area contributed by atoms with Crippen LogP contribution in [0.1, 0.15) is 32.6 Å². The number of nitrogens with one attached hydrogen (secondary N) is 1. The summed E-state index contributed by atoms with van der Waals surface area (Å²) in [7, 11) is 1.71. The van der Waals surface area contributed by atoms with Crippen LogP contribution >= 0.6 is 0 Å². The van der Waals surface area contributed by atoms with E-state index in [-0.39, 0.29) is 0 Å². The highest BCUT2D eigenvalue weighted by molar-refractivity contribution is 5.78. The van der Waals surface area contributed by atoms with Crippen LogP contribution in [0.5, 0.6) is 0 Å². The second-order valence-electron chi connectivity index (χ2n) is 4.54. The van der Waals surface area contributed by atoms with Crippen molar-refractivity contribution in [1.82, 2.24) is 10.2 Å². The summed E-state index contributed by atoms with van der Waals surface area (Å²) in [5.41, 5.74) is -0.780. The van der Waals surface area contributed by atoms with Crippen molar-refractivity contribution < 1.29 is 9.90 Å². The number of piperidine rings is 1. The summed E-state index contributed by atoms with van der Waals surface area (Å²) in [5.74, 6) is -0.762. The lowest BCUT2D eigenvalue weighted by Crippen LogP contribution is -2.50. The van der Waals surface area contributed by atoms with Gasteiger partial charge in [0.15, 0.2) is 0 Å². The Labute approximate surface area is 91.6 Å². The minimum Gasteiger partial charge on any atom is -0.480 e. The Hall–Kier alpha value is -0.610. The Morgan fingerprint density at radius 2 is 2.00 bits per heavy atom. The zero-order valence-corrected chi connectivity index (χ0v) is 9.75. The molecule has 0 saturated carbocycles. The molecule has 0 aromatic carbocycles. The predicted molar refractivity (Wildman–Crippen MR) is 60.0 cm³/mol. The van der Waals surface area contributed by atoms with Crippen LogP contribution in [0.4, 0.5) is 0 Å². The lowest BCUT2D eigenvalue weighted by atomic mass is 9.97. The first kappa shape index (κ1) is 12.5. The molecule has 1 aliphatic rings. The molecule has 88 valence electrons. The molecule has 1 fully saturated rings. The number of likely N-dealkylation sites (tertiary alicyclic amines) is 1. The van der Waals surface area contributed by atoms with Crippen LogP contribution in [0, 0.1) is 0 Å². The standard InChI is InChI=1S/C11H22N2O2/c1-11(12-2,10(14)15)6-9-13-7-4-3-5-8-13/h12H,3-9H2,1-2H3,(H,14,15). The molecule has 0 amide bonds. The second kappa shape index (κ2) is 5.47. The van der Waals surface area contributed by atoms with E-state index < -0.39 is 11.5 Å².